The standard InChI is InChI=1S/C7H10N2S/c1-2-6(8)5-3-10-4-7(5)9/h2-4,6H,1,8-9H2. The van der Waals surface area contributed by atoms with Crippen LogP contribution in [-0.2, 0) is 0 Å². The molecule has 0 saturated carbocycles. The van der Waals surface area contributed by atoms with Crippen LogP contribution in [-0.4, -0.2) is 0 Å². The summed E-state index contributed by atoms with van der Waals surface area (Å²) in [4.78, 5) is 0. The van der Waals surface area contributed by atoms with Crippen LogP contribution in [0.4, 0.5) is 5.69 Å². The second-order valence-corrected chi connectivity index (χ2v) is 2.79. The van der Waals surface area contributed by atoms with Crippen molar-refractivity contribution in [1.29, 1.82) is 0 Å². The SMILES string of the molecule is C=CC(N)c1cscc1N. The van der Waals surface area contributed by atoms with Gasteiger partial charge in [0.1, 0.15) is 0 Å². The summed E-state index contributed by atoms with van der Waals surface area (Å²) in [6, 6.07) is -0.119. The highest BCUT2D eigenvalue weighted by Gasteiger charge is 2.04. The number of thiophene rings is 1. The van der Waals surface area contributed by atoms with E-state index < -0.39 is 0 Å². The Morgan fingerprint density at radius 2 is 2.30 bits per heavy atom. The predicted molar refractivity (Wildman–Crippen MR) is 45.9 cm³/mol. The highest BCUT2D eigenvalue weighted by atomic mass is 32.1. The fraction of sp³-hybridized carbons (Fsp3) is 0.143. The van der Waals surface area contributed by atoms with E-state index in [2.05, 4.69) is 6.58 Å². The van der Waals surface area contributed by atoms with E-state index in [0.717, 1.165) is 11.3 Å². The van der Waals surface area contributed by atoms with Gasteiger partial charge in [-0.2, -0.15) is 0 Å². The van der Waals surface area contributed by atoms with Crippen LogP contribution >= 0.6 is 11.3 Å². The summed E-state index contributed by atoms with van der Waals surface area (Å²) >= 11 is 1.56. The molecule has 10 heavy (non-hydrogen) atoms. The molecule has 1 atom stereocenters. The Balaban J connectivity index is 2.92. The molecule has 1 aromatic heterocycles. The molecule has 54 valence electrons. The van der Waals surface area contributed by atoms with Crippen molar-refractivity contribution in [2.45, 2.75) is 6.04 Å². The quantitative estimate of drug-likeness (QED) is 0.634. The third-order valence-corrected chi connectivity index (χ3v) is 2.12. The van der Waals surface area contributed by atoms with E-state index in [0.29, 0.717) is 0 Å². The minimum absolute atomic E-state index is 0.119. The summed E-state index contributed by atoms with van der Waals surface area (Å²) in [6.45, 7) is 3.58. The third kappa shape index (κ3) is 1.20. The maximum Gasteiger partial charge on any atom is 0.0507 e. The van der Waals surface area contributed by atoms with Gasteiger partial charge in [-0.15, -0.1) is 17.9 Å². The molecule has 0 bridgehead atoms. The highest BCUT2D eigenvalue weighted by molar-refractivity contribution is 7.08. The normalized spacial score (nSPS) is 12.9. The van der Waals surface area contributed by atoms with Crippen LogP contribution in [0.1, 0.15) is 11.6 Å². The number of hydrogen-bond donors (Lipinski definition) is 2. The zero-order valence-electron chi connectivity index (χ0n) is 5.58. The first-order chi connectivity index (χ1) is 4.75. The predicted octanol–water partition coefficient (Wildman–Crippen LogP) is 1.52. The van der Waals surface area contributed by atoms with Gasteiger partial charge in [0, 0.05) is 16.6 Å². The second kappa shape index (κ2) is 2.86. The average Bonchev–Trinajstić information content (AvgIpc) is 2.34. The van der Waals surface area contributed by atoms with E-state index >= 15 is 0 Å². The van der Waals surface area contributed by atoms with Crippen LogP contribution in [0, 0.1) is 0 Å². The van der Waals surface area contributed by atoms with Gasteiger partial charge < -0.3 is 11.5 Å². The fourth-order valence-corrected chi connectivity index (χ4v) is 1.51. The number of anilines is 1. The molecular weight excluding hydrogens is 144 g/mol. The summed E-state index contributed by atoms with van der Waals surface area (Å²) in [5.41, 5.74) is 13.0. The van der Waals surface area contributed by atoms with Crippen LogP contribution in [0.2, 0.25) is 0 Å². The summed E-state index contributed by atoms with van der Waals surface area (Å²) in [7, 11) is 0. The topological polar surface area (TPSA) is 52.0 Å². The van der Waals surface area contributed by atoms with Crippen molar-refractivity contribution in [2.24, 2.45) is 5.73 Å². The molecule has 0 aliphatic carbocycles. The van der Waals surface area contributed by atoms with Crippen LogP contribution < -0.4 is 11.5 Å². The van der Waals surface area contributed by atoms with E-state index in [1.807, 2.05) is 10.8 Å². The van der Waals surface area contributed by atoms with Gasteiger partial charge in [0.05, 0.1) is 6.04 Å². The molecule has 3 heteroatoms. The second-order valence-electron chi connectivity index (χ2n) is 2.04. The maximum absolute atomic E-state index is 5.65. The van der Waals surface area contributed by atoms with Crippen molar-refractivity contribution >= 4 is 17.0 Å². The number of rotatable bonds is 2. The Kier molecular flexibility index (Phi) is 2.09. The molecule has 0 amide bonds. The molecule has 0 aromatic carbocycles. The molecule has 1 rings (SSSR count). The molecule has 4 N–H and O–H groups in total. The van der Waals surface area contributed by atoms with Crippen molar-refractivity contribution in [2.75, 3.05) is 5.73 Å². The molecule has 0 fully saturated rings. The first-order valence-electron chi connectivity index (χ1n) is 2.95. The molecule has 0 aliphatic rings. The fourth-order valence-electron chi connectivity index (χ4n) is 0.715. The zero-order chi connectivity index (χ0) is 7.56. The van der Waals surface area contributed by atoms with Crippen LogP contribution in [0.5, 0.6) is 0 Å². The van der Waals surface area contributed by atoms with Gasteiger partial charge >= 0.3 is 0 Å². The highest BCUT2D eigenvalue weighted by Crippen LogP contribution is 2.22. The van der Waals surface area contributed by atoms with Crippen molar-refractivity contribution in [3.05, 3.63) is 29.0 Å². The lowest BCUT2D eigenvalue weighted by molar-refractivity contribution is 0.924. The molecule has 1 heterocycles. The van der Waals surface area contributed by atoms with Crippen LogP contribution in [0.25, 0.3) is 0 Å². The average molecular weight is 154 g/mol. The molecule has 1 unspecified atom stereocenters. The summed E-state index contributed by atoms with van der Waals surface area (Å²) in [5, 5.41) is 3.82. The summed E-state index contributed by atoms with van der Waals surface area (Å²) in [6.07, 6.45) is 1.68. The zero-order valence-corrected chi connectivity index (χ0v) is 6.40. The molecule has 0 radical (unpaired) electrons. The molecule has 2 nitrogen and oxygen atoms in total. The number of nitrogens with two attached hydrogens (primary N) is 2. The van der Waals surface area contributed by atoms with Crippen molar-refractivity contribution in [1.82, 2.24) is 0 Å². The van der Waals surface area contributed by atoms with Gasteiger partial charge in [0.15, 0.2) is 0 Å². The van der Waals surface area contributed by atoms with E-state index in [1.54, 1.807) is 17.4 Å². The van der Waals surface area contributed by atoms with E-state index in [-0.39, 0.29) is 6.04 Å². The van der Waals surface area contributed by atoms with E-state index in [9.17, 15) is 0 Å². The van der Waals surface area contributed by atoms with Gasteiger partial charge in [-0.05, 0) is 5.38 Å². The monoisotopic (exact) mass is 154 g/mol. The first kappa shape index (κ1) is 7.31. The van der Waals surface area contributed by atoms with Crippen molar-refractivity contribution in [3.8, 4) is 0 Å². The molecule has 1 aromatic rings. The summed E-state index contributed by atoms with van der Waals surface area (Å²) < 4.78 is 0. The van der Waals surface area contributed by atoms with Gasteiger partial charge in [0.25, 0.3) is 0 Å². The lowest BCUT2D eigenvalue weighted by Gasteiger charge is -2.03. The van der Waals surface area contributed by atoms with Crippen molar-refractivity contribution < 1.29 is 0 Å². The van der Waals surface area contributed by atoms with Gasteiger partial charge in [0.2, 0.25) is 0 Å². The summed E-state index contributed by atoms with van der Waals surface area (Å²) in [5.74, 6) is 0. The smallest absolute Gasteiger partial charge is 0.0507 e. The Labute approximate surface area is 64.2 Å². The van der Waals surface area contributed by atoms with Gasteiger partial charge in [-0.1, -0.05) is 6.08 Å². The van der Waals surface area contributed by atoms with Crippen LogP contribution in [0.15, 0.2) is 23.4 Å². The Hall–Kier alpha value is -0.800. The van der Waals surface area contributed by atoms with Crippen molar-refractivity contribution in [3.63, 3.8) is 0 Å². The van der Waals surface area contributed by atoms with Crippen LogP contribution in [0.3, 0.4) is 0 Å². The number of nitrogen functional groups attached to an aromatic ring is 1. The maximum atomic E-state index is 5.65. The largest absolute Gasteiger partial charge is 0.398 e. The molecule has 0 saturated heterocycles. The lowest BCUT2D eigenvalue weighted by atomic mass is 10.1. The van der Waals surface area contributed by atoms with Gasteiger partial charge in [-0.3, -0.25) is 0 Å². The Morgan fingerprint density at radius 3 is 2.70 bits per heavy atom. The van der Waals surface area contributed by atoms with Gasteiger partial charge in [-0.25, -0.2) is 0 Å². The van der Waals surface area contributed by atoms with E-state index in [1.165, 1.54) is 0 Å². The minimum Gasteiger partial charge on any atom is -0.398 e. The third-order valence-electron chi connectivity index (χ3n) is 1.34. The number of hydrogen-bond acceptors (Lipinski definition) is 3. The lowest BCUT2D eigenvalue weighted by Crippen LogP contribution is -2.07. The molecular formula is C7H10N2S. The van der Waals surface area contributed by atoms with E-state index in [4.69, 9.17) is 11.5 Å². The molecule has 0 aliphatic heterocycles. The Bertz CT molecular complexity index is 229. The minimum atomic E-state index is -0.119. The first-order valence-corrected chi connectivity index (χ1v) is 3.89. The molecule has 0 spiro atoms. The Morgan fingerprint density at radius 1 is 1.60 bits per heavy atom.